The molecule has 0 saturated carbocycles. The third kappa shape index (κ3) is 6.23. The van der Waals surface area contributed by atoms with Crippen LogP contribution in [0.3, 0.4) is 0 Å². The highest BCUT2D eigenvalue weighted by Gasteiger charge is 2.29. The molecule has 1 amide bonds. The normalized spacial score (nSPS) is 15.8. The van der Waals surface area contributed by atoms with Gasteiger partial charge in [-0.25, -0.2) is 9.18 Å². The zero-order valence-electron chi connectivity index (χ0n) is 18.7. The van der Waals surface area contributed by atoms with Crippen LogP contribution in [-0.2, 0) is 4.74 Å². The molecular weight excluding hydrogens is 415 g/mol. The second-order valence-electron chi connectivity index (χ2n) is 7.44. The molecule has 0 radical (unpaired) electrons. The molecule has 4 nitrogen and oxygen atoms in total. The molecular formula is C25H32ClFN2O2. The summed E-state index contributed by atoms with van der Waals surface area (Å²) < 4.78 is 17.6. The van der Waals surface area contributed by atoms with Crippen LogP contribution in [0.4, 0.5) is 14.9 Å². The number of carbonyl (C=O) groups excluding carboxylic acids is 1. The monoisotopic (exact) mass is 446 g/mol. The lowest BCUT2D eigenvalue weighted by Gasteiger charge is -2.34. The van der Waals surface area contributed by atoms with Crippen LogP contribution in [0, 0.1) is 0 Å². The molecule has 0 fully saturated rings. The highest BCUT2D eigenvalue weighted by atomic mass is 35.5. The van der Waals surface area contributed by atoms with Crippen molar-refractivity contribution in [3.8, 4) is 0 Å². The van der Waals surface area contributed by atoms with Gasteiger partial charge in [0.2, 0.25) is 0 Å². The number of hydrogen-bond acceptors (Lipinski definition) is 3. The van der Waals surface area contributed by atoms with Gasteiger partial charge >= 0.3 is 6.09 Å². The Hall–Kier alpha value is -2.53. The zero-order valence-corrected chi connectivity index (χ0v) is 19.5. The molecule has 3 rings (SSSR count). The molecule has 0 saturated heterocycles. The first kappa shape index (κ1) is 24.7. The molecule has 168 valence electrons. The Labute approximate surface area is 189 Å². The van der Waals surface area contributed by atoms with Crippen LogP contribution in [0.1, 0.15) is 62.8 Å². The van der Waals surface area contributed by atoms with E-state index in [0.29, 0.717) is 29.6 Å². The van der Waals surface area contributed by atoms with Crippen LogP contribution in [0.5, 0.6) is 0 Å². The van der Waals surface area contributed by atoms with Gasteiger partial charge in [0.05, 0.1) is 6.04 Å². The van der Waals surface area contributed by atoms with Gasteiger partial charge < -0.3 is 10.5 Å². The third-order valence-electron chi connectivity index (χ3n) is 5.16. The first-order valence-electron chi connectivity index (χ1n) is 10.8. The SMILES string of the molecule is CC.CC(C)c1ccc(C2C=C(c3cc(Cl)ccc3N)CCN2C(=O)OCCF)cc1. The number of benzene rings is 2. The second kappa shape index (κ2) is 11.8. The minimum Gasteiger partial charge on any atom is -0.447 e. The summed E-state index contributed by atoms with van der Waals surface area (Å²) in [5, 5.41) is 0.609. The third-order valence-corrected chi connectivity index (χ3v) is 5.40. The van der Waals surface area contributed by atoms with Gasteiger partial charge in [0, 0.05) is 22.8 Å². The molecule has 0 spiro atoms. The Balaban J connectivity index is 0.00000166. The maximum atomic E-state index is 12.5. The summed E-state index contributed by atoms with van der Waals surface area (Å²) in [6.45, 7) is 7.77. The van der Waals surface area contributed by atoms with Crippen molar-refractivity contribution in [2.24, 2.45) is 0 Å². The van der Waals surface area contributed by atoms with Crippen LogP contribution in [0.15, 0.2) is 48.5 Å². The number of nitrogen functional groups attached to an aromatic ring is 1. The molecule has 0 bridgehead atoms. The summed E-state index contributed by atoms with van der Waals surface area (Å²) in [5.74, 6) is 0.415. The maximum absolute atomic E-state index is 12.5. The number of rotatable bonds is 5. The minimum atomic E-state index is -0.701. The Bertz CT molecular complexity index is 897. The highest BCUT2D eigenvalue weighted by Crippen LogP contribution is 2.37. The van der Waals surface area contributed by atoms with E-state index < -0.39 is 12.8 Å². The summed E-state index contributed by atoms with van der Waals surface area (Å²) in [7, 11) is 0. The lowest BCUT2D eigenvalue weighted by Crippen LogP contribution is -2.38. The molecule has 1 unspecified atom stereocenters. The van der Waals surface area contributed by atoms with E-state index in [-0.39, 0.29) is 12.6 Å². The van der Waals surface area contributed by atoms with Gasteiger partial charge in [-0.3, -0.25) is 4.90 Å². The van der Waals surface area contributed by atoms with E-state index in [1.165, 1.54) is 5.56 Å². The number of nitrogens with two attached hydrogens (primary N) is 1. The molecule has 2 aromatic rings. The van der Waals surface area contributed by atoms with Crippen LogP contribution < -0.4 is 5.73 Å². The van der Waals surface area contributed by atoms with Crippen molar-refractivity contribution in [1.29, 1.82) is 0 Å². The van der Waals surface area contributed by atoms with Crippen molar-refractivity contribution in [2.75, 3.05) is 25.6 Å². The molecule has 6 heteroatoms. The standard InChI is InChI=1S/C23H26ClFN2O2.C2H6/c1-15(2)16-3-5-17(6-4-16)22-13-18(20-14-19(24)7-8-21(20)26)9-11-27(22)23(28)29-12-10-25;1-2/h3-8,13-15,22H,9-12,26H2,1-2H3;1-2H3. The number of alkyl halides is 1. The average molecular weight is 447 g/mol. The van der Waals surface area contributed by atoms with Gasteiger partial charge in [0.15, 0.2) is 0 Å². The van der Waals surface area contributed by atoms with Gasteiger partial charge in [-0.05, 0) is 47.2 Å². The fraction of sp³-hybridized carbons (Fsp3) is 0.400. The van der Waals surface area contributed by atoms with E-state index >= 15 is 0 Å². The molecule has 2 N–H and O–H groups in total. The molecule has 1 atom stereocenters. The van der Waals surface area contributed by atoms with Gasteiger partial charge in [0.1, 0.15) is 13.3 Å². The number of ether oxygens (including phenoxy) is 1. The minimum absolute atomic E-state index is 0.244. The predicted octanol–water partition coefficient (Wildman–Crippen LogP) is 7.01. The van der Waals surface area contributed by atoms with Gasteiger partial charge in [-0.1, -0.05) is 69.6 Å². The van der Waals surface area contributed by atoms with Gasteiger partial charge in [0.25, 0.3) is 0 Å². The lowest BCUT2D eigenvalue weighted by molar-refractivity contribution is 0.0869. The Morgan fingerprint density at radius 3 is 2.52 bits per heavy atom. The van der Waals surface area contributed by atoms with Crippen molar-refractivity contribution in [3.63, 3.8) is 0 Å². The number of nitrogens with zero attached hydrogens (tertiary/aromatic N) is 1. The average Bonchev–Trinajstić information content (AvgIpc) is 2.80. The summed E-state index contributed by atoms with van der Waals surface area (Å²) in [6.07, 6.45) is 2.11. The fourth-order valence-electron chi connectivity index (χ4n) is 3.54. The van der Waals surface area contributed by atoms with Crippen molar-refractivity contribution in [2.45, 2.75) is 46.1 Å². The molecule has 0 aromatic heterocycles. The molecule has 1 heterocycles. The van der Waals surface area contributed by atoms with E-state index in [1.54, 1.807) is 17.0 Å². The van der Waals surface area contributed by atoms with E-state index in [9.17, 15) is 9.18 Å². The summed E-state index contributed by atoms with van der Waals surface area (Å²) in [5.41, 5.74) is 10.9. The predicted molar refractivity (Wildman–Crippen MR) is 127 cm³/mol. The zero-order chi connectivity index (χ0) is 23.0. The van der Waals surface area contributed by atoms with Crippen molar-refractivity contribution >= 4 is 29.0 Å². The maximum Gasteiger partial charge on any atom is 0.410 e. The fourth-order valence-corrected chi connectivity index (χ4v) is 3.71. The molecule has 1 aliphatic rings. The van der Waals surface area contributed by atoms with E-state index in [0.717, 1.165) is 16.7 Å². The van der Waals surface area contributed by atoms with Crippen LogP contribution in [0.2, 0.25) is 5.02 Å². The number of carbonyl (C=O) groups is 1. The van der Waals surface area contributed by atoms with Crippen molar-refractivity contribution in [1.82, 2.24) is 4.90 Å². The van der Waals surface area contributed by atoms with Crippen LogP contribution in [-0.4, -0.2) is 30.8 Å². The summed E-state index contributed by atoms with van der Waals surface area (Å²) >= 11 is 6.17. The Morgan fingerprint density at radius 1 is 1.23 bits per heavy atom. The largest absolute Gasteiger partial charge is 0.447 e. The Morgan fingerprint density at radius 2 is 1.90 bits per heavy atom. The number of hydrogen-bond donors (Lipinski definition) is 1. The highest BCUT2D eigenvalue weighted by molar-refractivity contribution is 6.30. The van der Waals surface area contributed by atoms with Crippen LogP contribution >= 0.6 is 11.6 Å². The van der Waals surface area contributed by atoms with Crippen LogP contribution in [0.25, 0.3) is 5.57 Å². The molecule has 2 aromatic carbocycles. The number of anilines is 1. The smallest absolute Gasteiger partial charge is 0.410 e. The first-order chi connectivity index (χ1) is 14.9. The molecule has 31 heavy (non-hydrogen) atoms. The topological polar surface area (TPSA) is 55.6 Å². The van der Waals surface area contributed by atoms with Gasteiger partial charge in [-0.15, -0.1) is 0 Å². The molecule has 0 aliphatic carbocycles. The quantitative estimate of drug-likeness (QED) is 0.502. The summed E-state index contributed by atoms with van der Waals surface area (Å²) in [6, 6.07) is 13.2. The first-order valence-corrected chi connectivity index (χ1v) is 11.1. The Kier molecular flexibility index (Phi) is 9.38. The number of halogens is 2. The lowest BCUT2D eigenvalue weighted by atomic mass is 9.91. The van der Waals surface area contributed by atoms with Gasteiger partial charge in [-0.2, -0.15) is 0 Å². The second-order valence-corrected chi connectivity index (χ2v) is 7.87. The van der Waals surface area contributed by atoms with E-state index in [1.807, 2.05) is 38.1 Å². The van der Waals surface area contributed by atoms with Crippen molar-refractivity contribution in [3.05, 3.63) is 70.3 Å². The van der Waals surface area contributed by atoms with Crippen molar-refractivity contribution < 1.29 is 13.9 Å². The van der Waals surface area contributed by atoms with E-state index in [4.69, 9.17) is 22.1 Å². The number of amides is 1. The molecule has 1 aliphatic heterocycles. The summed E-state index contributed by atoms with van der Waals surface area (Å²) in [4.78, 5) is 14.2. The van der Waals surface area contributed by atoms with E-state index in [2.05, 4.69) is 26.0 Å².